The molecule has 0 bridgehead atoms. The number of carbonyl (C=O) groups is 1. The van der Waals surface area contributed by atoms with Gasteiger partial charge in [-0.2, -0.15) is 0 Å². The molecule has 21 heteroatoms. The summed E-state index contributed by atoms with van der Waals surface area (Å²) in [6.07, 6.45) is -6.64. The molecule has 78 heavy (non-hydrogen) atoms. The lowest BCUT2D eigenvalue weighted by atomic mass is 9.76. The van der Waals surface area contributed by atoms with E-state index in [-0.39, 0.29) is 50.2 Å². The lowest BCUT2D eigenvalue weighted by Gasteiger charge is -2.51. The van der Waals surface area contributed by atoms with Crippen LogP contribution in [0.4, 0.5) is 0 Å². The standard InChI is InChI=1S/C57H94O21/c1-29-17-16-20-39(58)42(68-12)25-44(75-54(64)32(4)23-30(2)18-15-19-31(3)40(22-21-29)76-55-50(62)49(61)51(70-14)36(8)73-55)52(63)57(66)34(6)47(59)33(5)41(78-57)24-38(28-67-11)74-46-27-56(10,65)53(37(9)72-46)77-45-26-43(69-13)48(60)35(7)71-45/h15,17-19,21-23,31,33-53,55,58-63,65-66H,16,20,24-28H2,1-14H3/b19-15+,22-21+,29-17+,30-18+,32-23+/t31-,33+,34-,35-,36+,37+,38-,39+,40-,41?,42+,43-,44+,45+,46+,47+,48-,49+,50+,51+,52-,53+,55+,56+,57-/m1/s1. The molecular formula is C57H94O21. The highest BCUT2D eigenvalue weighted by Gasteiger charge is 2.57. The van der Waals surface area contributed by atoms with Crippen LogP contribution >= 0.6 is 0 Å². The van der Waals surface area contributed by atoms with Crippen LogP contribution in [0.2, 0.25) is 0 Å². The summed E-state index contributed by atoms with van der Waals surface area (Å²) in [4.78, 5) is 14.1. The van der Waals surface area contributed by atoms with Gasteiger partial charge in [0.2, 0.25) is 5.79 Å². The van der Waals surface area contributed by atoms with E-state index in [2.05, 4.69) is 0 Å². The molecule has 0 aromatic heterocycles. The van der Waals surface area contributed by atoms with Crippen molar-refractivity contribution >= 4 is 5.97 Å². The van der Waals surface area contributed by atoms with Gasteiger partial charge in [0.05, 0.1) is 73.2 Å². The monoisotopic (exact) mass is 1110 g/mol. The number of esters is 1. The fourth-order valence-corrected chi connectivity index (χ4v) is 11.2. The number of carbonyl (C=O) groups excluding carboxylic acids is 1. The molecule has 0 radical (unpaired) electrons. The van der Waals surface area contributed by atoms with Crippen molar-refractivity contribution in [1.29, 1.82) is 0 Å². The van der Waals surface area contributed by atoms with Gasteiger partial charge in [0.15, 0.2) is 18.9 Å². The third-order valence-corrected chi connectivity index (χ3v) is 16.2. The first-order valence-electron chi connectivity index (χ1n) is 27.5. The van der Waals surface area contributed by atoms with Crippen LogP contribution in [0.15, 0.2) is 59.3 Å². The summed E-state index contributed by atoms with van der Waals surface area (Å²) in [7, 11) is 5.79. The van der Waals surface area contributed by atoms with Crippen molar-refractivity contribution in [2.75, 3.05) is 35.0 Å². The van der Waals surface area contributed by atoms with E-state index in [1.54, 1.807) is 59.8 Å². The molecule has 21 nitrogen and oxygen atoms in total. The summed E-state index contributed by atoms with van der Waals surface area (Å²) in [5.74, 6) is -5.44. The van der Waals surface area contributed by atoms with E-state index in [1.165, 1.54) is 42.3 Å². The molecule has 5 aliphatic heterocycles. The van der Waals surface area contributed by atoms with E-state index in [1.807, 2.05) is 38.2 Å². The number of rotatable bonds is 15. The maximum Gasteiger partial charge on any atom is 0.334 e. The van der Waals surface area contributed by atoms with Gasteiger partial charge in [-0.1, -0.05) is 68.4 Å². The molecule has 448 valence electrons. The Balaban J connectivity index is 1.36. The SMILES string of the molecule is COC[C@@H](CC1O[C@@](O)([C@H](O)[C@@H]2C[C@H](OC)[C@@H](O)CC/C=C(C)/C=C/[C@@H](O[C@@H]3O[C@@H](C)[C@H](OC)[C@@H](O)[C@@H]3O)[C@H](C)/C=C/C=C(C)/C=C(\C)C(=O)O2)[C@H](C)[C@@H](O)[C@H]1C)O[C@H]1C[C@](C)(O)[C@@H](O[C@H]2C[C@@H](OC)[C@H](O)[C@@H](C)O2)[C@H](C)O1. The van der Waals surface area contributed by atoms with E-state index in [4.69, 9.17) is 56.8 Å². The molecule has 0 aromatic carbocycles. The van der Waals surface area contributed by atoms with Crippen LogP contribution in [-0.2, 0) is 61.6 Å². The highest BCUT2D eigenvalue weighted by Crippen LogP contribution is 2.43. The number of allylic oxidation sites excluding steroid dienone is 7. The molecule has 1 unspecified atom stereocenters. The molecule has 25 atom stereocenters. The number of ether oxygens (including phenoxy) is 12. The predicted molar refractivity (Wildman–Crippen MR) is 283 cm³/mol. The maximum absolute atomic E-state index is 14.1. The van der Waals surface area contributed by atoms with E-state index in [0.717, 1.165) is 5.57 Å². The first-order valence-corrected chi connectivity index (χ1v) is 27.5. The number of hydrogen-bond donors (Lipinski definition) is 8. The van der Waals surface area contributed by atoms with Crippen molar-refractivity contribution in [2.24, 2.45) is 17.8 Å². The van der Waals surface area contributed by atoms with Gasteiger partial charge in [0, 0.05) is 77.4 Å². The summed E-state index contributed by atoms with van der Waals surface area (Å²) < 4.78 is 71.8. The minimum atomic E-state index is -2.54. The summed E-state index contributed by atoms with van der Waals surface area (Å²) >= 11 is 0. The van der Waals surface area contributed by atoms with Crippen molar-refractivity contribution in [2.45, 2.75) is 242 Å². The molecule has 0 spiro atoms. The van der Waals surface area contributed by atoms with Crippen molar-refractivity contribution < 1.29 is 102 Å². The third kappa shape index (κ3) is 16.8. The maximum atomic E-state index is 14.1. The minimum absolute atomic E-state index is 0.00790. The fourth-order valence-electron chi connectivity index (χ4n) is 11.2. The van der Waals surface area contributed by atoms with Crippen molar-refractivity contribution in [3.63, 3.8) is 0 Å². The molecule has 8 N–H and O–H groups in total. The largest absolute Gasteiger partial charge is 0.456 e. The Labute approximate surface area is 461 Å². The van der Waals surface area contributed by atoms with Crippen LogP contribution in [-0.4, -0.2) is 216 Å². The quantitative estimate of drug-likeness (QED) is 0.109. The highest BCUT2D eigenvalue weighted by atomic mass is 16.7. The summed E-state index contributed by atoms with van der Waals surface area (Å²) in [6.45, 7) is 17.2. The smallest absolute Gasteiger partial charge is 0.334 e. The average molecular weight is 1120 g/mol. The van der Waals surface area contributed by atoms with E-state index < -0.39 is 152 Å². The van der Waals surface area contributed by atoms with Crippen LogP contribution < -0.4 is 0 Å². The summed E-state index contributed by atoms with van der Waals surface area (Å²) in [6, 6.07) is 0. The number of cyclic esters (lactones) is 1. The Morgan fingerprint density at radius 1 is 0.769 bits per heavy atom. The van der Waals surface area contributed by atoms with Crippen LogP contribution in [0, 0.1) is 17.8 Å². The molecule has 5 aliphatic rings. The zero-order chi connectivity index (χ0) is 58.0. The van der Waals surface area contributed by atoms with Gasteiger partial charge in [-0.3, -0.25) is 0 Å². The normalized spacial score (nSPS) is 46.7. The first-order chi connectivity index (χ1) is 36.7. The lowest BCUT2D eigenvalue weighted by Crippen LogP contribution is -2.66. The molecule has 4 saturated heterocycles. The number of aliphatic hydroxyl groups excluding tert-OH is 6. The Kier molecular flexibility index (Phi) is 25.1. The van der Waals surface area contributed by atoms with Crippen LogP contribution in [0.1, 0.15) is 108 Å². The van der Waals surface area contributed by atoms with Gasteiger partial charge in [-0.25, -0.2) is 4.79 Å². The lowest BCUT2D eigenvalue weighted by molar-refractivity contribution is -0.366. The van der Waals surface area contributed by atoms with Crippen molar-refractivity contribution in [3.05, 3.63) is 59.3 Å². The second-order valence-electron chi connectivity index (χ2n) is 22.5. The topological polar surface area (TPSA) is 290 Å². The van der Waals surface area contributed by atoms with Gasteiger partial charge < -0.3 is 97.7 Å². The summed E-state index contributed by atoms with van der Waals surface area (Å²) in [5, 5.41) is 92.4. The second-order valence-corrected chi connectivity index (χ2v) is 22.5. The van der Waals surface area contributed by atoms with Crippen LogP contribution in [0.3, 0.4) is 0 Å². The van der Waals surface area contributed by atoms with Gasteiger partial charge in [0.25, 0.3) is 0 Å². The first kappa shape index (κ1) is 66.2. The zero-order valence-electron chi connectivity index (χ0n) is 48.2. The molecule has 0 aliphatic carbocycles. The number of aliphatic hydroxyl groups is 8. The van der Waals surface area contributed by atoms with E-state index >= 15 is 0 Å². The molecule has 5 rings (SSSR count). The second kappa shape index (κ2) is 29.6. The van der Waals surface area contributed by atoms with Gasteiger partial charge >= 0.3 is 5.97 Å². The number of hydrogen-bond acceptors (Lipinski definition) is 21. The van der Waals surface area contributed by atoms with Crippen LogP contribution in [0.25, 0.3) is 0 Å². The van der Waals surface area contributed by atoms with Gasteiger partial charge in [0.1, 0.15) is 42.7 Å². The number of methoxy groups -OCH3 is 4. The van der Waals surface area contributed by atoms with Crippen molar-refractivity contribution in [3.8, 4) is 0 Å². The van der Waals surface area contributed by atoms with Gasteiger partial charge in [-0.05, 0) is 67.4 Å². The predicted octanol–water partition coefficient (Wildman–Crippen LogP) is 3.20. The molecule has 0 saturated carbocycles. The molecule has 5 heterocycles. The van der Waals surface area contributed by atoms with Crippen LogP contribution in [0.5, 0.6) is 0 Å². The Bertz CT molecular complexity index is 2030. The minimum Gasteiger partial charge on any atom is -0.456 e. The summed E-state index contributed by atoms with van der Waals surface area (Å²) in [5.41, 5.74) is 0.141. The fraction of sp³-hybridized carbons (Fsp3) is 0.807. The Hall–Kier alpha value is -2.59. The molecule has 0 aromatic rings. The molecule has 4 fully saturated rings. The molecule has 0 amide bonds. The van der Waals surface area contributed by atoms with Crippen molar-refractivity contribution in [1.82, 2.24) is 0 Å². The highest BCUT2D eigenvalue weighted by molar-refractivity contribution is 5.88. The average Bonchev–Trinajstić information content (AvgIpc) is 3.44. The third-order valence-electron chi connectivity index (χ3n) is 16.2. The Morgan fingerprint density at radius 2 is 1.45 bits per heavy atom. The van der Waals surface area contributed by atoms with Gasteiger partial charge in [-0.15, -0.1) is 0 Å². The molecular weight excluding hydrogens is 1020 g/mol. The van der Waals surface area contributed by atoms with E-state index in [9.17, 15) is 45.6 Å². The Morgan fingerprint density at radius 3 is 2.09 bits per heavy atom. The van der Waals surface area contributed by atoms with E-state index in [0.29, 0.717) is 12.0 Å². The zero-order valence-corrected chi connectivity index (χ0v) is 48.2.